The minimum Gasteiger partial charge on any atom is -0.497 e. The van der Waals surface area contributed by atoms with Crippen molar-refractivity contribution in [1.29, 1.82) is 0 Å². The van der Waals surface area contributed by atoms with Crippen LogP contribution < -0.4 is 4.74 Å². The zero-order valence-electron chi connectivity index (χ0n) is 14.6. The van der Waals surface area contributed by atoms with E-state index in [1.165, 1.54) is 12.0 Å². The number of nitrogens with zero attached hydrogens (tertiary/aromatic N) is 1. The quantitative estimate of drug-likeness (QED) is 0.766. The van der Waals surface area contributed by atoms with Crippen LogP contribution in [0, 0.1) is 5.92 Å². The van der Waals surface area contributed by atoms with Crippen molar-refractivity contribution in [3.05, 3.63) is 64.7 Å². The van der Waals surface area contributed by atoms with Gasteiger partial charge < -0.3 is 9.64 Å². The number of carbonyl (C=O) groups is 1. The number of hydrogen-bond acceptors (Lipinski definition) is 2. The van der Waals surface area contributed by atoms with Crippen molar-refractivity contribution in [2.45, 2.75) is 25.7 Å². The van der Waals surface area contributed by atoms with Crippen LogP contribution >= 0.6 is 11.6 Å². The van der Waals surface area contributed by atoms with Gasteiger partial charge in [0.25, 0.3) is 5.91 Å². The molecule has 0 radical (unpaired) electrons. The molecule has 1 heterocycles. The number of methoxy groups -OCH3 is 1. The molecule has 1 amide bonds. The molecule has 0 unspecified atom stereocenters. The molecule has 3 rings (SSSR count). The average molecular weight is 358 g/mol. The van der Waals surface area contributed by atoms with Crippen molar-refractivity contribution in [3.8, 4) is 5.75 Å². The summed E-state index contributed by atoms with van der Waals surface area (Å²) in [6.07, 6.45) is 4.42. The third-order valence-electron chi connectivity index (χ3n) is 4.99. The first-order valence-electron chi connectivity index (χ1n) is 8.83. The Bertz CT molecular complexity index is 689. The highest BCUT2D eigenvalue weighted by Gasteiger charge is 2.23. The molecule has 0 N–H and O–H groups in total. The highest BCUT2D eigenvalue weighted by Crippen LogP contribution is 2.24. The zero-order valence-corrected chi connectivity index (χ0v) is 15.3. The first-order valence-corrected chi connectivity index (χ1v) is 9.21. The molecular formula is C21H24ClNO2. The van der Waals surface area contributed by atoms with E-state index >= 15 is 0 Å². The van der Waals surface area contributed by atoms with Crippen molar-refractivity contribution in [2.24, 2.45) is 5.92 Å². The van der Waals surface area contributed by atoms with E-state index in [2.05, 4.69) is 12.1 Å². The summed E-state index contributed by atoms with van der Waals surface area (Å²) < 4.78 is 5.20. The van der Waals surface area contributed by atoms with Crippen molar-refractivity contribution >= 4 is 17.5 Å². The second kappa shape index (κ2) is 8.39. The number of benzene rings is 2. The SMILES string of the molecule is COc1ccc(CCC2CCN(C(=O)c3ccc(Cl)cc3)CC2)cc1. The van der Waals surface area contributed by atoms with Crippen LogP contribution in [0.5, 0.6) is 5.75 Å². The Morgan fingerprint density at radius 1 is 1.08 bits per heavy atom. The fourth-order valence-corrected chi connectivity index (χ4v) is 3.49. The number of hydrogen-bond donors (Lipinski definition) is 0. The average Bonchev–Trinajstić information content (AvgIpc) is 2.67. The van der Waals surface area contributed by atoms with E-state index in [0.717, 1.165) is 43.7 Å². The molecule has 1 saturated heterocycles. The van der Waals surface area contributed by atoms with E-state index in [1.54, 1.807) is 31.4 Å². The lowest BCUT2D eigenvalue weighted by Crippen LogP contribution is -2.38. The number of amides is 1. The van der Waals surface area contributed by atoms with Crippen LogP contribution in [0.25, 0.3) is 0 Å². The minimum absolute atomic E-state index is 0.116. The normalized spacial score (nSPS) is 15.2. The lowest BCUT2D eigenvalue weighted by Gasteiger charge is -2.32. The molecule has 1 aliphatic heterocycles. The van der Waals surface area contributed by atoms with Crippen LogP contribution in [0.2, 0.25) is 5.02 Å². The van der Waals surface area contributed by atoms with E-state index in [9.17, 15) is 4.79 Å². The maximum absolute atomic E-state index is 12.5. The Balaban J connectivity index is 1.46. The van der Waals surface area contributed by atoms with Crippen molar-refractivity contribution in [1.82, 2.24) is 4.90 Å². The molecule has 4 heteroatoms. The van der Waals surface area contributed by atoms with Gasteiger partial charge in [-0.3, -0.25) is 4.79 Å². The second-order valence-electron chi connectivity index (χ2n) is 6.63. The number of halogens is 1. The number of aryl methyl sites for hydroxylation is 1. The lowest BCUT2D eigenvalue weighted by atomic mass is 9.90. The minimum atomic E-state index is 0.116. The van der Waals surface area contributed by atoms with Gasteiger partial charge in [-0.2, -0.15) is 0 Å². The summed E-state index contributed by atoms with van der Waals surface area (Å²) in [5.74, 6) is 1.71. The Kier molecular flexibility index (Phi) is 5.98. The summed E-state index contributed by atoms with van der Waals surface area (Å²) >= 11 is 5.89. The van der Waals surface area contributed by atoms with Crippen LogP contribution in [0.4, 0.5) is 0 Å². The number of carbonyl (C=O) groups excluding carboxylic acids is 1. The molecule has 0 saturated carbocycles. The van der Waals surface area contributed by atoms with Gasteiger partial charge >= 0.3 is 0 Å². The summed E-state index contributed by atoms with van der Waals surface area (Å²) in [5.41, 5.74) is 2.07. The van der Waals surface area contributed by atoms with Crippen LogP contribution in [0.15, 0.2) is 48.5 Å². The van der Waals surface area contributed by atoms with Gasteiger partial charge in [-0.15, -0.1) is 0 Å². The van der Waals surface area contributed by atoms with E-state index in [-0.39, 0.29) is 5.91 Å². The first-order chi connectivity index (χ1) is 12.2. The monoisotopic (exact) mass is 357 g/mol. The molecule has 0 aromatic heterocycles. The molecular weight excluding hydrogens is 334 g/mol. The van der Waals surface area contributed by atoms with E-state index < -0.39 is 0 Å². The molecule has 2 aromatic rings. The maximum atomic E-state index is 12.5. The largest absolute Gasteiger partial charge is 0.497 e. The molecule has 1 aliphatic rings. The zero-order chi connectivity index (χ0) is 17.6. The van der Waals surface area contributed by atoms with Gasteiger partial charge in [0, 0.05) is 23.7 Å². The van der Waals surface area contributed by atoms with Crippen LogP contribution in [0.3, 0.4) is 0 Å². The standard InChI is InChI=1S/C21H24ClNO2/c1-25-20-10-4-16(5-11-20)2-3-17-12-14-23(15-13-17)21(24)18-6-8-19(22)9-7-18/h4-11,17H,2-3,12-15H2,1H3. The highest BCUT2D eigenvalue weighted by atomic mass is 35.5. The molecule has 0 atom stereocenters. The van der Waals surface area contributed by atoms with E-state index in [0.29, 0.717) is 10.9 Å². The topological polar surface area (TPSA) is 29.5 Å². The smallest absolute Gasteiger partial charge is 0.253 e. The molecule has 1 fully saturated rings. The first kappa shape index (κ1) is 17.8. The predicted molar refractivity (Wildman–Crippen MR) is 101 cm³/mol. The Hall–Kier alpha value is -2.00. The van der Waals surface area contributed by atoms with Crippen LogP contribution in [-0.4, -0.2) is 31.0 Å². The van der Waals surface area contributed by atoms with Gasteiger partial charge in [-0.1, -0.05) is 23.7 Å². The van der Waals surface area contributed by atoms with Gasteiger partial charge in [0.05, 0.1) is 7.11 Å². The fraction of sp³-hybridized carbons (Fsp3) is 0.381. The molecule has 132 valence electrons. The summed E-state index contributed by atoms with van der Waals surface area (Å²) in [7, 11) is 1.69. The molecule has 2 aromatic carbocycles. The summed E-state index contributed by atoms with van der Waals surface area (Å²) in [6.45, 7) is 1.68. The fourth-order valence-electron chi connectivity index (χ4n) is 3.36. The Morgan fingerprint density at radius 2 is 1.72 bits per heavy atom. The van der Waals surface area contributed by atoms with Gasteiger partial charge in [-0.05, 0) is 73.6 Å². The van der Waals surface area contributed by atoms with Crippen molar-refractivity contribution < 1.29 is 9.53 Å². The number of piperidine rings is 1. The Morgan fingerprint density at radius 3 is 2.32 bits per heavy atom. The van der Waals surface area contributed by atoms with Gasteiger partial charge in [0.1, 0.15) is 5.75 Å². The van der Waals surface area contributed by atoms with Gasteiger partial charge in [-0.25, -0.2) is 0 Å². The molecule has 25 heavy (non-hydrogen) atoms. The van der Waals surface area contributed by atoms with Gasteiger partial charge in [0.15, 0.2) is 0 Å². The molecule has 0 bridgehead atoms. The molecule has 3 nitrogen and oxygen atoms in total. The van der Waals surface area contributed by atoms with Crippen LogP contribution in [0.1, 0.15) is 35.2 Å². The van der Waals surface area contributed by atoms with Crippen molar-refractivity contribution in [3.63, 3.8) is 0 Å². The maximum Gasteiger partial charge on any atom is 0.253 e. The summed E-state index contributed by atoms with van der Waals surface area (Å²) in [6, 6.07) is 15.5. The third kappa shape index (κ3) is 4.76. The lowest BCUT2D eigenvalue weighted by molar-refractivity contribution is 0.0687. The summed E-state index contributed by atoms with van der Waals surface area (Å²) in [4.78, 5) is 14.5. The number of rotatable bonds is 5. The van der Waals surface area contributed by atoms with E-state index in [4.69, 9.17) is 16.3 Å². The Labute approximate surface area is 154 Å². The van der Waals surface area contributed by atoms with Crippen LogP contribution in [-0.2, 0) is 6.42 Å². The summed E-state index contributed by atoms with van der Waals surface area (Å²) in [5, 5.41) is 0.661. The van der Waals surface area contributed by atoms with Crippen molar-refractivity contribution in [2.75, 3.05) is 20.2 Å². The van der Waals surface area contributed by atoms with E-state index in [1.807, 2.05) is 17.0 Å². The third-order valence-corrected chi connectivity index (χ3v) is 5.25. The second-order valence-corrected chi connectivity index (χ2v) is 7.07. The number of likely N-dealkylation sites (tertiary alicyclic amines) is 1. The van der Waals surface area contributed by atoms with Gasteiger partial charge in [0.2, 0.25) is 0 Å². The molecule has 0 aliphatic carbocycles. The predicted octanol–water partition coefficient (Wildman–Crippen LogP) is 4.83. The number of ether oxygens (including phenoxy) is 1. The molecule has 0 spiro atoms. The highest BCUT2D eigenvalue weighted by molar-refractivity contribution is 6.30.